The normalized spacial score (nSPS) is 18.2. The van der Waals surface area contributed by atoms with Crippen LogP contribution < -0.4 is 10.5 Å². The summed E-state index contributed by atoms with van der Waals surface area (Å²) >= 11 is 0. The first-order chi connectivity index (χ1) is 13.2. The highest BCUT2D eigenvalue weighted by molar-refractivity contribution is 5.60. The highest BCUT2D eigenvalue weighted by atomic mass is 16.5. The molecular formula is C19H30N4O4. The lowest BCUT2D eigenvalue weighted by Gasteiger charge is -2.26. The maximum absolute atomic E-state index is 9.01. The summed E-state index contributed by atoms with van der Waals surface area (Å²) in [5.74, 6) is 0.561. The Morgan fingerprint density at radius 1 is 1.04 bits per heavy atom. The molecule has 8 nitrogen and oxygen atoms in total. The SMILES string of the molecule is N#Cc1c(N)cccc1OCCN1CCOCC1.OCCN1CCOCC1. The van der Waals surface area contributed by atoms with Gasteiger partial charge in [0.25, 0.3) is 0 Å². The van der Waals surface area contributed by atoms with Crippen LogP contribution in [-0.2, 0) is 9.47 Å². The Morgan fingerprint density at radius 3 is 2.19 bits per heavy atom. The van der Waals surface area contributed by atoms with Crippen molar-refractivity contribution in [3.05, 3.63) is 23.8 Å². The molecule has 0 radical (unpaired) electrons. The lowest BCUT2D eigenvalue weighted by Crippen LogP contribution is -2.38. The number of aliphatic hydroxyl groups excluding tert-OH is 1. The van der Waals surface area contributed by atoms with Gasteiger partial charge in [-0.3, -0.25) is 9.80 Å². The first-order valence-electron chi connectivity index (χ1n) is 9.37. The van der Waals surface area contributed by atoms with Gasteiger partial charge in [0.05, 0.1) is 38.7 Å². The number of benzene rings is 1. The molecule has 150 valence electrons. The van der Waals surface area contributed by atoms with E-state index in [9.17, 15) is 0 Å². The first-order valence-corrected chi connectivity index (χ1v) is 9.37. The molecule has 0 aromatic heterocycles. The first kappa shape index (κ1) is 21.4. The van der Waals surface area contributed by atoms with Crippen LogP contribution in [0, 0.1) is 11.3 Å². The van der Waals surface area contributed by atoms with Gasteiger partial charge < -0.3 is 25.1 Å². The summed E-state index contributed by atoms with van der Waals surface area (Å²) in [6.07, 6.45) is 0. The fraction of sp³-hybridized carbons (Fsp3) is 0.632. The summed E-state index contributed by atoms with van der Waals surface area (Å²) in [6, 6.07) is 7.33. The van der Waals surface area contributed by atoms with E-state index in [1.807, 2.05) is 0 Å². The molecule has 0 bridgehead atoms. The van der Waals surface area contributed by atoms with E-state index < -0.39 is 0 Å². The Kier molecular flexibility index (Phi) is 9.90. The van der Waals surface area contributed by atoms with Crippen LogP contribution in [0.2, 0.25) is 0 Å². The second-order valence-corrected chi connectivity index (χ2v) is 6.31. The van der Waals surface area contributed by atoms with Crippen LogP contribution in [0.3, 0.4) is 0 Å². The number of β-amino-alcohol motifs (C(OH)–C–C–N with tert-alkyl or cyclic N) is 1. The molecule has 2 aliphatic heterocycles. The van der Waals surface area contributed by atoms with Crippen molar-refractivity contribution in [1.82, 2.24) is 9.80 Å². The van der Waals surface area contributed by atoms with E-state index in [2.05, 4.69) is 15.9 Å². The molecule has 2 heterocycles. The Balaban J connectivity index is 0.000000244. The fourth-order valence-electron chi connectivity index (χ4n) is 2.86. The van der Waals surface area contributed by atoms with E-state index in [1.54, 1.807) is 18.2 Å². The van der Waals surface area contributed by atoms with Crippen molar-refractivity contribution in [3.8, 4) is 11.8 Å². The number of rotatable bonds is 6. The van der Waals surface area contributed by atoms with Crippen molar-refractivity contribution in [1.29, 1.82) is 5.26 Å². The molecular weight excluding hydrogens is 348 g/mol. The minimum atomic E-state index is 0.264. The van der Waals surface area contributed by atoms with Gasteiger partial charge in [-0.1, -0.05) is 6.07 Å². The minimum absolute atomic E-state index is 0.264. The maximum atomic E-state index is 9.01. The number of nitrogens with zero attached hydrogens (tertiary/aromatic N) is 3. The van der Waals surface area contributed by atoms with E-state index in [0.29, 0.717) is 23.6 Å². The van der Waals surface area contributed by atoms with Crippen molar-refractivity contribution in [2.45, 2.75) is 0 Å². The third-order valence-corrected chi connectivity index (χ3v) is 4.46. The van der Waals surface area contributed by atoms with Crippen LogP contribution >= 0.6 is 0 Å². The molecule has 2 saturated heterocycles. The predicted molar refractivity (Wildman–Crippen MR) is 103 cm³/mol. The molecule has 2 aliphatic rings. The Hall–Kier alpha value is -1.89. The summed E-state index contributed by atoms with van der Waals surface area (Å²) in [7, 11) is 0. The molecule has 3 N–H and O–H groups in total. The van der Waals surface area contributed by atoms with Crippen molar-refractivity contribution >= 4 is 5.69 Å². The number of aliphatic hydroxyl groups is 1. The highest BCUT2D eigenvalue weighted by Crippen LogP contribution is 2.23. The third kappa shape index (κ3) is 7.71. The van der Waals surface area contributed by atoms with Gasteiger partial charge in [-0.2, -0.15) is 5.26 Å². The number of hydrogen-bond donors (Lipinski definition) is 2. The molecule has 2 fully saturated rings. The number of hydrogen-bond acceptors (Lipinski definition) is 8. The zero-order valence-corrected chi connectivity index (χ0v) is 15.8. The van der Waals surface area contributed by atoms with Gasteiger partial charge in [-0.15, -0.1) is 0 Å². The lowest BCUT2D eigenvalue weighted by atomic mass is 10.2. The molecule has 0 spiro atoms. The van der Waals surface area contributed by atoms with Crippen LogP contribution in [-0.4, -0.2) is 93.8 Å². The van der Waals surface area contributed by atoms with Gasteiger partial charge in [0, 0.05) is 39.3 Å². The van der Waals surface area contributed by atoms with E-state index in [0.717, 1.165) is 65.7 Å². The summed E-state index contributed by atoms with van der Waals surface area (Å²) in [4.78, 5) is 4.48. The Labute approximate surface area is 161 Å². The van der Waals surface area contributed by atoms with Gasteiger partial charge >= 0.3 is 0 Å². The molecule has 8 heteroatoms. The van der Waals surface area contributed by atoms with Crippen molar-refractivity contribution in [2.75, 3.05) is 84.6 Å². The third-order valence-electron chi connectivity index (χ3n) is 4.46. The van der Waals surface area contributed by atoms with E-state index >= 15 is 0 Å². The van der Waals surface area contributed by atoms with Crippen LogP contribution in [0.1, 0.15) is 5.56 Å². The van der Waals surface area contributed by atoms with E-state index in [-0.39, 0.29) is 6.61 Å². The highest BCUT2D eigenvalue weighted by Gasteiger charge is 2.11. The van der Waals surface area contributed by atoms with E-state index in [1.165, 1.54) is 0 Å². The van der Waals surface area contributed by atoms with Crippen LogP contribution in [0.25, 0.3) is 0 Å². The zero-order valence-electron chi connectivity index (χ0n) is 15.8. The van der Waals surface area contributed by atoms with Gasteiger partial charge in [-0.25, -0.2) is 0 Å². The van der Waals surface area contributed by atoms with Gasteiger partial charge in [0.2, 0.25) is 0 Å². The summed E-state index contributed by atoms with van der Waals surface area (Å²) in [6.45, 7) is 9.46. The maximum Gasteiger partial charge on any atom is 0.139 e. The van der Waals surface area contributed by atoms with Crippen LogP contribution in [0.15, 0.2) is 18.2 Å². The average molecular weight is 378 g/mol. The molecule has 0 saturated carbocycles. The molecule has 27 heavy (non-hydrogen) atoms. The monoisotopic (exact) mass is 378 g/mol. The Morgan fingerprint density at radius 2 is 1.63 bits per heavy atom. The minimum Gasteiger partial charge on any atom is -0.491 e. The number of nitrogens with two attached hydrogens (primary N) is 1. The number of ether oxygens (including phenoxy) is 3. The Bertz CT molecular complexity index is 579. The molecule has 1 aromatic rings. The van der Waals surface area contributed by atoms with Gasteiger partial charge in [0.15, 0.2) is 0 Å². The zero-order chi connectivity index (χ0) is 19.3. The van der Waals surface area contributed by atoms with E-state index in [4.69, 9.17) is 30.3 Å². The number of anilines is 1. The molecule has 0 atom stereocenters. The second-order valence-electron chi connectivity index (χ2n) is 6.31. The molecule has 3 rings (SSSR count). The number of nitriles is 1. The topological polar surface area (TPSA) is 104 Å². The summed E-state index contributed by atoms with van der Waals surface area (Å²) < 4.78 is 16.0. The smallest absolute Gasteiger partial charge is 0.139 e. The lowest BCUT2D eigenvalue weighted by molar-refractivity contribution is 0.0306. The standard InChI is InChI=1S/C13H17N3O2.C6H13NO2/c14-10-11-12(15)2-1-3-13(11)18-9-6-16-4-7-17-8-5-16;8-4-1-7-2-5-9-6-3-7/h1-3H,4-9,15H2;8H,1-6H2. The summed E-state index contributed by atoms with van der Waals surface area (Å²) in [5.41, 5.74) is 6.59. The average Bonchev–Trinajstić information content (AvgIpc) is 2.71. The largest absolute Gasteiger partial charge is 0.491 e. The van der Waals surface area contributed by atoms with Crippen LogP contribution in [0.5, 0.6) is 5.75 Å². The molecule has 0 aliphatic carbocycles. The van der Waals surface area contributed by atoms with Crippen molar-refractivity contribution in [2.24, 2.45) is 0 Å². The molecule has 0 amide bonds. The fourth-order valence-corrected chi connectivity index (χ4v) is 2.86. The predicted octanol–water partition coefficient (Wildman–Crippen LogP) is 0.162. The van der Waals surface area contributed by atoms with Crippen LogP contribution in [0.4, 0.5) is 5.69 Å². The van der Waals surface area contributed by atoms with Gasteiger partial charge in [0.1, 0.15) is 24.0 Å². The van der Waals surface area contributed by atoms with Gasteiger partial charge in [-0.05, 0) is 12.1 Å². The number of morpholine rings is 2. The molecule has 0 unspecified atom stereocenters. The van der Waals surface area contributed by atoms with Crippen molar-refractivity contribution < 1.29 is 19.3 Å². The summed E-state index contributed by atoms with van der Waals surface area (Å²) in [5, 5.41) is 17.5. The second kappa shape index (κ2) is 12.5. The molecule has 1 aromatic carbocycles. The van der Waals surface area contributed by atoms with Crippen molar-refractivity contribution in [3.63, 3.8) is 0 Å². The quantitative estimate of drug-likeness (QED) is 0.675. The number of nitrogen functional groups attached to an aromatic ring is 1.